The number of pyridine rings is 1. The zero-order chi connectivity index (χ0) is 21.0. The van der Waals surface area contributed by atoms with E-state index in [2.05, 4.69) is 27.5 Å². The van der Waals surface area contributed by atoms with Gasteiger partial charge in [-0.15, -0.1) is 0 Å². The summed E-state index contributed by atoms with van der Waals surface area (Å²) in [5.74, 6) is 0.608. The Balaban J connectivity index is 2.00. The van der Waals surface area contributed by atoms with Crippen molar-refractivity contribution in [1.29, 1.82) is 10.5 Å². The predicted molar refractivity (Wildman–Crippen MR) is 110 cm³/mol. The number of nitrogens with zero attached hydrogens (tertiary/aromatic N) is 4. The molecule has 0 aliphatic carbocycles. The van der Waals surface area contributed by atoms with Crippen LogP contribution in [-0.4, -0.2) is 17.0 Å². The van der Waals surface area contributed by atoms with Crippen molar-refractivity contribution >= 4 is 23.3 Å². The smallest absolute Gasteiger partial charge is 0.211 e. The molecule has 0 radical (unpaired) electrons. The number of aliphatic imine (C=N–C) groups is 1. The maximum absolute atomic E-state index is 9.38. The van der Waals surface area contributed by atoms with Gasteiger partial charge in [0.15, 0.2) is 6.19 Å². The van der Waals surface area contributed by atoms with E-state index in [1.54, 1.807) is 0 Å². The molecule has 29 heavy (non-hydrogen) atoms. The van der Waals surface area contributed by atoms with Gasteiger partial charge >= 0.3 is 0 Å². The number of nitrogen functional groups attached to an aromatic ring is 2. The number of anilines is 3. The molecule has 9 nitrogen and oxygen atoms in total. The third-order valence-electron chi connectivity index (χ3n) is 4.76. The Hall–Kier alpha value is -3.82. The average molecular weight is 390 g/mol. The van der Waals surface area contributed by atoms with Crippen LogP contribution in [0, 0.1) is 22.8 Å². The molecule has 3 rings (SSSR count). The fourth-order valence-electron chi connectivity index (χ4n) is 2.97. The van der Waals surface area contributed by atoms with Crippen LogP contribution in [0.5, 0.6) is 0 Å². The summed E-state index contributed by atoms with van der Waals surface area (Å²) in [4.78, 5) is 8.78. The lowest BCUT2D eigenvalue weighted by molar-refractivity contribution is 0.0508. The van der Waals surface area contributed by atoms with Crippen LogP contribution in [0.15, 0.2) is 29.3 Å². The number of benzene rings is 1. The van der Waals surface area contributed by atoms with Gasteiger partial charge in [0, 0.05) is 5.56 Å². The van der Waals surface area contributed by atoms with Gasteiger partial charge in [-0.2, -0.15) is 10.5 Å². The second kappa shape index (κ2) is 8.46. The molecule has 0 saturated carbocycles. The SMILES string of the molecule is CCC(C)OCc1ccc(C2N=C(NC#N)Nc3nc(N)c(C#N)c(N)c32)cc1. The lowest BCUT2D eigenvalue weighted by Crippen LogP contribution is -2.32. The van der Waals surface area contributed by atoms with E-state index in [4.69, 9.17) is 21.5 Å². The number of hydrogen-bond acceptors (Lipinski definition) is 9. The van der Waals surface area contributed by atoms with Gasteiger partial charge in [-0.25, -0.2) is 9.98 Å². The Morgan fingerprint density at radius 1 is 1.28 bits per heavy atom. The summed E-state index contributed by atoms with van der Waals surface area (Å²) in [5.41, 5.74) is 14.8. The molecule has 0 fully saturated rings. The van der Waals surface area contributed by atoms with Crippen LogP contribution < -0.4 is 22.1 Å². The standard InChI is InChI=1S/C20H22N8O/c1-3-11(2)29-9-12-4-6-13(7-5-12)17-15-16(23)14(8-21)18(24)27-19(15)28-20(26-17)25-10-22/h4-7,11,17H,3,9H2,1-2H3,(H6,23,24,25,26,27,28). The normalized spacial score (nSPS) is 15.9. The molecule has 0 spiro atoms. The van der Waals surface area contributed by atoms with Gasteiger partial charge < -0.3 is 21.5 Å². The molecule has 1 aromatic carbocycles. The van der Waals surface area contributed by atoms with E-state index in [0.29, 0.717) is 18.0 Å². The number of nitrogens with two attached hydrogens (primary N) is 2. The average Bonchev–Trinajstić information content (AvgIpc) is 2.72. The lowest BCUT2D eigenvalue weighted by Gasteiger charge is -2.26. The van der Waals surface area contributed by atoms with Crippen LogP contribution in [0.2, 0.25) is 0 Å². The first-order valence-corrected chi connectivity index (χ1v) is 9.17. The largest absolute Gasteiger partial charge is 0.397 e. The fourth-order valence-corrected chi connectivity index (χ4v) is 2.97. The van der Waals surface area contributed by atoms with E-state index in [9.17, 15) is 5.26 Å². The zero-order valence-electron chi connectivity index (χ0n) is 16.2. The van der Waals surface area contributed by atoms with Gasteiger partial charge in [0.2, 0.25) is 5.96 Å². The minimum absolute atomic E-state index is 0.0192. The number of aromatic nitrogens is 1. The minimum Gasteiger partial charge on any atom is -0.397 e. The van der Waals surface area contributed by atoms with Crippen molar-refractivity contribution in [3.63, 3.8) is 0 Å². The molecular formula is C20H22N8O. The zero-order valence-corrected chi connectivity index (χ0v) is 16.2. The van der Waals surface area contributed by atoms with Gasteiger partial charge in [-0.1, -0.05) is 31.2 Å². The van der Waals surface area contributed by atoms with Crippen molar-refractivity contribution in [2.75, 3.05) is 16.8 Å². The van der Waals surface area contributed by atoms with Gasteiger partial charge in [0.05, 0.1) is 18.4 Å². The van der Waals surface area contributed by atoms with E-state index in [-0.39, 0.29) is 29.1 Å². The summed E-state index contributed by atoms with van der Waals surface area (Å²) < 4.78 is 5.77. The first-order chi connectivity index (χ1) is 14.0. The molecule has 1 aromatic heterocycles. The fraction of sp³-hybridized carbons (Fsp3) is 0.300. The monoisotopic (exact) mass is 390 g/mol. The van der Waals surface area contributed by atoms with Crippen molar-refractivity contribution in [1.82, 2.24) is 10.3 Å². The van der Waals surface area contributed by atoms with Crippen molar-refractivity contribution in [2.45, 2.75) is 39.0 Å². The quantitative estimate of drug-likeness (QED) is 0.447. The molecule has 2 heterocycles. The molecular weight excluding hydrogens is 368 g/mol. The third-order valence-corrected chi connectivity index (χ3v) is 4.76. The maximum Gasteiger partial charge on any atom is 0.211 e. The highest BCUT2D eigenvalue weighted by Gasteiger charge is 2.29. The maximum atomic E-state index is 9.38. The summed E-state index contributed by atoms with van der Waals surface area (Å²) in [7, 11) is 0. The number of hydrogen-bond donors (Lipinski definition) is 4. The van der Waals surface area contributed by atoms with E-state index < -0.39 is 6.04 Å². The van der Waals surface area contributed by atoms with Crippen LogP contribution >= 0.6 is 0 Å². The summed E-state index contributed by atoms with van der Waals surface area (Å²) in [6.07, 6.45) is 2.97. The molecule has 9 heteroatoms. The van der Waals surface area contributed by atoms with Crippen LogP contribution in [0.3, 0.4) is 0 Å². The van der Waals surface area contributed by atoms with E-state index >= 15 is 0 Å². The molecule has 0 amide bonds. The Bertz CT molecular complexity index is 1020. The number of nitriles is 2. The van der Waals surface area contributed by atoms with Gasteiger partial charge in [-0.3, -0.25) is 5.32 Å². The molecule has 6 N–H and O–H groups in total. The Morgan fingerprint density at radius 3 is 2.62 bits per heavy atom. The van der Waals surface area contributed by atoms with Gasteiger partial charge in [-0.05, 0) is 24.5 Å². The Morgan fingerprint density at radius 2 is 2.00 bits per heavy atom. The summed E-state index contributed by atoms with van der Waals surface area (Å²) in [6, 6.07) is 9.20. The van der Waals surface area contributed by atoms with Crippen LogP contribution in [-0.2, 0) is 11.3 Å². The molecule has 1 aliphatic rings. The summed E-state index contributed by atoms with van der Waals surface area (Å²) in [6.45, 7) is 4.63. The first kappa shape index (κ1) is 19.9. The Kier molecular flexibility index (Phi) is 5.82. The summed E-state index contributed by atoms with van der Waals surface area (Å²) in [5, 5.41) is 23.7. The second-order valence-corrected chi connectivity index (χ2v) is 6.67. The number of ether oxygens (including phenoxy) is 1. The number of guanidine groups is 1. The summed E-state index contributed by atoms with van der Waals surface area (Å²) >= 11 is 0. The van der Waals surface area contributed by atoms with Crippen LogP contribution in [0.4, 0.5) is 17.3 Å². The van der Waals surface area contributed by atoms with Crippen LogP contribution in [0.1, 0.15) is 48.6 Å². The lowest BCUT2D eigenvalue weighted by atomic mass is 9.94. The first-order valence-electron chi connectivity index (χ1n) is 9.17. The van der Waals surface area contributed by atoms with Crippen LogP contribution in [0.25, 0.3) is 0 Å². The highest BCUT2D eigenvalue weighted by Crippen LogP contribution is 2.40. The van der Waals surface area contributed by atoms with Gasteiger partial charge in [0.1, 0.15) is 29.3 Å². The topological polar surface area (TPSA) is 158 Å². The molecule has 0 saturated heterocycles. The van der Waals surface area contributed by atoms with E-state index in [1.165, 1.54) is 0 Å². The van der Waals surface area contributed by atoms with Crippen molar-refractivity contribution in [3.8, 4) is 12.3 Å². The van der Waals surface area contributed by atoms with Crippen molar-refractivity contribution in [2.24, 2.45) is 4.99 Å². The van der Waals surface area contributed by atoms with Gasteiger partial charge in [0.25, 0.3) is 0 Å². The highest BCUT2D eigenvalue weighted by atomic mass is 16.5. The molecule has 2 unspecified atom stereocenters. The van der Waals surface area contributed by atoms with E-state index in [1.807, 2.05) is 43.5 Å². The van der Waals surface area contributed by atoms with E-state index in [0.717, 1.165) is 17.5 Å². The minimum atomic E-state index is -0.549. The van der Waals surface area contributed by atoms with Crippen molar-refractivity contribution < 1.29 is 4.74 Å². The number of rotatable bonds is 5. The van der Waals surface area contributed by atoms with Crippen molar-refractivity contribution in [3.05, 3.63) is 46.5 Å². The second-order valence-electron chi connectivity index (χ2n) is 6.67. The predicted octanol–water partition coefficient (Wildman–Crippen LogP) is 2.37. The molecule has 2 atom stereocenters. The molecule has 2 aromatic rings. The molecule has 0 bridgehead atoms. The number of nitrogens with one attached hydrogen (secondary N) is 2. The number of fused-ring (bicyclic) bond motifs is 1. The third kappa shape index (κ3) is 4.05. The Labute approximate surface area is 169 Å². The highest BCUT2D eigenvalue weighted by molar-refractivity contribution is 5.98. The molecule has 148 valence electrons. The molecule has 1 aliphatic heterocycles.